The molecule has 2 aromatic heterocycles. The van der Waals surface area contributed by atoms with Gasteiger partial charge in [-0.05, 0) is 24.3 Å². The van der Waals surface area contributed by atoms with E-state index in [1.165, 1.54) is 6.26 Å². The second kappa shape index (κ2) is 10.7. The minimum atomic E-state index is -1.30. The summed E-state index contributed by atoms with van der Waals surface area (Å²) in [7, 11) is -1.30. The van der Waals surface area contributed by atoms with Gasteiger partial charge in [0.15, 0.2) is 6.29 Å². The molecule has 0 radical (unpaired) electrons. The summed E-state index contributed by atoms with van der Waals surface area (Å²) >= 11 is 0. The van der Waals surface area contributed by atoms with Gasteiger partial charge in [-0.2, -0.15) is 0 Å². The Morgan fingerprint density at radius 1 is 1.32 bits per heavy atom. The molecule has 28 heavy (non-hydrogen) atoms. The summed E-state index contributed by atoms with van der Waals surface area (Å²) in [6, 6.07) is 7.06. The third kappa shape index (κ3) is 6.59. The maximum absolute atomic E-state index is 11.9. The molecule has 1 unspecified atom stereocenters. The van der Waals surface area contributed by atoms with Gasteiger partial charge in [-0.15, -0.1) is 0 Å². The van der Waals surface area contributed by atoms with E-state index in [-0.39, 0.29) is 23.7 Å². The third-order valence-corrected chi connectivity index (χ3v) is 4.93. The Hall–Kier alpha value is -2.49. The van der Waals surface area contributed by atoms with Crippen molar-refractivity contribution >= 4 is 16.7 Å². The number of hydrogen-bond acceptors (Lipinski definition) is 7. The molecule has 0 aromatic carbocycles. The van der Waals surface area contributed by atoms with Gasteiger partial charge in [-0.25, -0.2) is 4.98 Å². The summed E-state index contributed by atoms with van der Waals surface area (Å²) < 4.78 is 33.4. The van der Waals surface area contributed by atoms with Crippen LogP contribution in [-0.2, 0) is 30.8 Å². The molecule has 2 aromatic rings. The summed E-state index contributed by atoms with van der Waals surface area (Å²) in [5, 5.41) is 2.68. The molecule has 0 saturated carbocycles. The number of amides is 1. The van der Waals surface area contributed by atoms with E-state index >= 15 is 0 Å². The van der Waals surface area contributed by atoms with Gasteiger partial charge in [0.1, 0.15) is 18.1 Å². The van der Waals surface area contributed by atoms with Crippen LogP contribution in [0.4, 0.5) is 0 Å². The van der Waals surface area contributed by atoms with Gasteiger partial charge < -0.3 is 23.9 Å². The first-order chi connectivity index (χ1) is 13.7. The van der Waals surface area contributed by atoms with Gasteiger partial charge in [0, 0.05) is 35.2 Å². The zero-order valence-electron chi connectivity index (χ0n) is 15.2. The van der Waals surface area contributed by atoms with Crippen LogP contribution in [0.25, 0.3) is 0 Å². The quantitative estimate of drug-likeness (QED) is 0.600. The third-order valence-electron chi connectivity index (χ3n) is 3.74. The van der Waals surface area contributed by atoms with Crippen LogP contribution in [0, 0.1) is 0 Å². The van der Waals surface area contributed by atoms with Crippen molar-refractivity contribution in [2.45, 2.75) is 12.0 Å². The molecule has 1 aliphatic heterocycles. The lowest BCUT2D eigenvalue weighted by Crippen LogP contribution is -2.28. The van der Waals surface area contributed by atoms with Crippen molar-refractivity contribution < 1.29 is 27.6 Å². The normalized spacial score (nSPS) is 15.7. The Balaban J connectivity index is 1.31. The number of nitrogens with zero attached hydrogens (tertiary/aromatic N) is 1. The van der Waals surface area contributed by atoms with Crippen LogP contribution in [0.1, 0.15) is 17.6 Å². The Morgan fingerprint density at radius 2 is 2.18 bits per heavy atom. The molecule has 1 atom stereocenters. The topological polar surface area (TPSA) is 99.9 Å². The molecule has 1 fully saturated rings. The van der Waals surface area contributed by atoms with E-state index in [0.717, 1.165) is 5.56 Å². The summed E-state index contributed by atoms with van der Waals surface area (Å²) in [5.74, 6) is 0.965. The molecule has 0 aliphatic carbocycles. The standard InChI is InChI=1S/C19H22N2O6S/c22-17(14-28(23)13-16-4-3-9-24-16)20-6-1-2-8-25-18-12-15(5-7-21-18)19-26-10-11-27-19/h1-5,7,9,12,19H,6,8,10-11,13-14H2,(H,20,22)/b2-1-. The fourth-order valence-electron chi connectivity index (χ4n) is 2.46. The van der Waals surface area contributed by atoms with Crippen LogP contribution in [0.15, 0.2) is 53.3 Å². The highest BCUT2D eigenvalue weighted by atomic mass is 32.2. The molecule has 1 N–H and O–H groups in total. The lowest BCUT2D eigenvalue weighted by Gasteiger charge is -2.10. The van der Waals surface area contributed by atoms with Gasteiger partial charge >= 0.3 is 0 Å². The van der Waals surface area contributed by atoms with Crippen LogP contribution >= 0.6 is 0 Å². The first kappa shape index (κ1) is 20.2. The Kier molecular flexibility index (Phi) is 7.77. The SMILES string of the molecule is O=C(CS(=O)Cc1ccco1)NC/C=C\COc1cc(C2OCCO2)ccn1. The maximum Gasteiger partial charge on any atom is 0.232 e. The van der Waals surface area contributed by atoms with Gasteiger partial charge in [-0.1, -0.05) is 6.08 Å². The number of pyridine rings is 1. The number of rotatable bonds is 10. The Labute approximate surface area is 165 Å². The highest BCUT2D eigenvalue weighted by molar-refractivity contribution is 7.84. The van der Waals surface area contributed by atoms with Crippen molar-refractivity contribution in [3.63, 3.8) is 0 Å². The average molecular weight is 406 g/mol. The number of carbonyl (C=O) groups is 1. The molecule has 8 nitrogen and oxygen atoms in total. The molecule has 1 saturated heterocycles. The molecule has 150 valence electrons. The lowest BCUT2D eigenvalue weighted by molar-refractivity contribution is -0.118. The Morgan fingerprint density at radius 3 is 2.96 bits per heavy atom. The first-order valence-electron chi connectivity index (χ1n) is 8.82. The molecule has 0 spiro atoms. The number of aromatic nitrogens is 1. The second-order valence-electron chi connectivity index (χ2n) is 5.90. The van der Waals surface area contributed by atoms with Gasteiger partial charge in [0.05, 0.1) is 25.2 Å². The number of nitrogens with one attached hydrogen (secondary N) is 1. The van der Waals surface area contributed by atoms with Crippen LogP contribution in [0.3, 0.4) is 0 Å². The number of ether oxygens (including phenoxy) is 3. The molecule has 1 amide bonds. The molecular weight excluding hydrogens is 384 g/mol. The number of carbonyl (C=O) groups excluding carboxylic acids is 1. The number of furan rings is 1. The van der Waals surface area contributed by atoms with Crippen molar-refractivity contribution in [1.82, 2.24) is 10.3 Å². The van der Waals surface area contributed by atoms with Gasteiger partial charge in [0.2, 0.25) is 11.8 Å². The average Bonchev–Trinajstić information content (AvgIpc) is 3.38. The minimum absolute atomic E-state index is 0.0624. The van der Waals surface area contributed by atoms with E-state index in [2.05, 4.69) is 10.3 Å². The summed E-state index contributed by atoms with van der Waals surface area (Å²) in [4.78, 5) is 15.9. The summed E-state index contributed by atoms with van der Waals surface area (Å²) in [6.45, 7) is 1.79. The van der Waals surface area contributed by atoms with Crippen LogP contribution in [0.2, 0.25) is 0 Å². The maximum atomic E-state index is 11.9. The number of hydrogen-bond donors (Lipinski definition) is 1. The van der Waals surface area contributed by atoms with E-state index in [1.54, 1.807) is 36.5 Å². The lowest BCUT2D eigenvalue weighted by atomic mass is 10.2. The fourth-order valence-corrected chi connectivity index (χ4v) is 3.44. The van der Waals surface area contributed by atoms with Crippen molar-refractivity contribution in [3.8, 4) is 5.88 Å². The Bertz CT molecular complexity index is 803. The minimum Gasteiger partial charge on any atom is -0.473 e. The predicted molar refractivity (Wildman–Crippen MR) is 102 cm³/mol. The molecule has 0 bridgehead atoms. The van der Waals surface area contributed by atoms with E-state index in [1.807, 2.05) is 6.07 Å². The van der Waals surface area contributed by atoms with Gasteiger partial charge in [0.25, 0.3) is 0 Å². The van der Waals surface area contributed by atoms with Crippen molar-refractivity contribution in [3.05, 3.63) is 60.2 Å². The monoisotopic (exact) mass is 406 g/mol. The highest BCUT2D eigenvalue weighted by Crippen LogP contribution is 2.24. The fraction of sp³-hybridized carbons (Fsp3) is 0.368. The van der Waals surface area contributed by atoms with Crippen molar-refractivity contribution in [2.24, 2.45) is 0 Å². The molecule has 3 rings (SSSR count). The van der Waals surface area contributed by atoms with E-state index < -0.39 is 10.8 Å². The van der Waals surface area contributed by atoms with Gasteiger partial charge in [-0.3, -0.25) is 9.00 Å². The van der Waals surface area contributed by atoms with Crippen molar-refractivity contribution in [1.29, 1.82) is 0 Å². The van der Waals surface area contributed by atoms with E-state index in [9.17, 15) is 9.00 Å². The van der Waals surface area contributed by atoms with Crippen LogP contribution < -0.4 is 10.1 Å². The summed E-state index contributed by atoms with van der Waals surface area (Å²) in [6.07, 6.45) is 6.33. The van der Waals surface area contributed by atoms with Crippen molar-refractivity contribution in [2.75, 3.05) is 32.1 Å². The smallest absolute Gasteiger partial charge is 0.232 e. The zero-order valence-corrected chi connectivity index (χ0v) is 16.1. The zero-order chi connectivity index (χ0) is 19.6. The molecule has 9 heteroatoms. The highest BCUT2D eigenvalue weighted by Gasteiger charge is 2.18. The first-order valence-corrected chi connectivity index (χ1v) is 10.3. The van der Waals surface area contributed by atoms with Crippen LogP contribution in [0.5, 0.6) is 5.88 Å². The summed E-state index contributed by atoms with van der Waals surface area (Å²) in [5.41, 5.74) is 0.862. The second-order valence-corrected chi connectivity index (χ2v) is 7.35. The molecular formula is C19H22N2O6S. The van der Waals surface area contributed by atoms with E-state index in [4.69, 9.17) is 18.6 Å². The molecule has 3 heterocycles. The van der Waals surface area contributed by atoms with E-state index in [0.29, 0.717) is 38.0 Å². The largest absolute Gasteiger partial charge is 0.473 e. The van der Waals surface area contributed by atoms with Crippen LogP contribution in [-0.4, -0.2) is 47.2 Å². The predicted octanol–water partition coefficient (Wildman–Crippen LogP) is 1.72. The molecule has 1 aliphatic rings.